The zero-order valence-corrected chi connectivity index (χ0v) is 15.9. The van der Waals surface area contributed by atoms with Crippen LogP contribution in [-0.4, -0.2) is 39.1 Å². The summed E-state index contributed by atoms with van der Waals surface area (Å²) in [5.74, 6) is -0.257. The summed E-state index contributed by atoms with van der Waals surface area (Å²) in [6.07, 6.45) is 1.11. The van der Waals surface area contributed by atoms with E-state index in [4.69, 9.17) is 0 Å². The third-order valence-corrected chi connectivity index (χ3v) is 5.08. The van der Waals surface area contributed by atoms with Crippen LogP contribution in [0.3, 0.4) is 0 Å². The number of anilines is 1. The molecule has 0 fully saturated rings. The van der Waals surface area contributed by atoms with Gasteiger partial charge in [0.1, 0.15) is 6.54 Å². The first-order valence-electron chi connectivity index (χ1n) is 8.01. The Morgan fingerprint density at radius 2 is 1.64 bits per heavy atom. The first-order chi connectivity index (χ1) is 11.7. The molecule has 0 unspecified atom stereocenters. The molecule has 0 aliphatic carbocycles. The van der Waals surface area contributed by atoms with Crippen molar-refractivity contribution in [2.24, 2.45) is 0 Å². The van der Waals surface area contributed by atoms with Gasteiger partial charge in [0.15, 0.2) is 0 Å². The number of sulfonamides is 1. The Balaban J connectivity index is 2.15. The molecular formula is C19H24N2O3S. The van der Waals surface area contributed by atoms with Crippen molar-refractivity contribution in [1.82, 2.24) is 4.90 Å². The molecule has 2 rings (SSSR count). The highest BCUT2D eigenvalue weighted by atomic mass is 32.2. The zero-order valence-electron chi connectivity index (χ0n) is 15.1. The third-order valence-electron chi connectivity index (χ3n) is 3.93. The fourth-order valence-corrected chi connectivity index (χ4v) is 3.32. The summed E-state index contributed by atoms with van der Waals surface area (Å²) in [6.45, 7) is 4.11. The van der Waals surface area contributed by atoms with Gasteiger partial charge >= 0.3 is 0 Å². The smallest absolute Gasteiger partial charge is 0.243 e. The van der Waals surface area contributed by atoms with E-state index in [1.165, 1.54) is 0 Å². The maximum atomic E-state index is 12.5. The van der Waals surface area contributed by atoms with Crippen LogP contribution in [0.2, 0.25) is 0 Å². The Labute approximate surface area is 149 Å². The molecule has 0 saturated carbocycles. The molecule has 0 aliphatic rings. The van der Waals surface area contributed by atoms with Crippen LogP contribution in [0, 0.1) is 13.8 Å². The van der Waals surface area contributed by atoms with Gasteiger partial charge < -0.3 is 4.90 Å². The lowest BCUT2D eigenvalue weighted by Gasteiger charge is -2.25. The van der Waals surface area contributed by atoms with Crippen molar-refractivity contribution < 1.29 is 13.2 Å². The molecule has 0 aliphatic heterocycles. The molecule has 0 spiro atoms. The predicted octanol–water partition coefficient (Wildman–Crippen LogP) is 2.73. The molecule has 2 aromatic carbocycles. The molecule has 6 heteroatoms. The quantitative estimate of drug-likeness (QED) is 0.796. The second kappa shape index (κ2) is 7.70. The maximum Gasteiger partial charge on any atom is 0.243 e. The van der Waals surface area contributed by atoms with Gasteiger partial charge in [0.05, 0.1) is 11.9 Å². The molecule has 0 bridgehead atoms. The summed E-state index contributed by atoms with van der Waals surface area (Å²) in [6, 6.07) is 15.0. The largest absolute Gasteiger partial charge is 0.340 e. The summed E-state index contributed by atoms with van der Waals surface area (Å²) in [5, 5.41) is 0. The van der Waals surface area contributed by atoms with Gasteiger partial charge in [0.2, 0.25) is 15.9 Å². The van der Waals surface area contributed by atoms with E-state index in [0.717, 1.165) is 27.3 Å². The van der Waals surface area contributed by atoms with Crippen LogP contribution in [0.1, 0.15) is 16.7 Å². The van der Waals surface area contributed by atoms with E-state index >= 15 is 0 Å². The molecule has 1 amide bonds. The number of benzene rings is 2. The van der Waals surface area contributed by atoms with Crippen LogP contribution < -0.4 is 4.31 Å². The Morgan fingerprint density at radius 3 is 2.20 bits per heavy atom. The highest BCUT2D eigenvalue weighted by molar-refractivity contribution is 7.92. The second-order valence-corrected chi connectivity index (χ2v) is 8.25. The van der Waals surface area contributed by atoms with E-state index in [-0.39, 0.29) is 12.5 Å². The normalized spacial score (nSPS) is 11.2. The standard InChI is InChI=1S/C19H24N2O3S/c1-15-8-10-17(11-9-15)13-20(3)19(22)14-21(25(4,23)24)18-7-5-6-16(2)12-18/h5-12H,13-14H2,1-4H3. The molecule has 5 nitrogen and oxygen atoms in total. The number of carbonyl (C=O) groups excluding carboxylic acids is 1. The van der Waals surface area contributed by atoms with E-state index in [0.29, 0.717) is 12.2 Å². The third kappa shape index (κ3) is 5.32. The molecule has 2 aromatic rings. The van der Waals surface area contributed by atoms with Crippen molar-refractivity contribution >= 4 is 21.6 Å². The molecule has 0 saturated heterocycles. The van der Waals surface area contributed by atoms with Gasteiger partial charge in [0, 0.05) is 13.6 Å². The van der Waals surface area contributed by atoms with Gasteiger partial charge in [-0.2, -0.15) is 0 Å². The van der Waals surface area contributed by atoms with Crippen LogP contribution >= 0.6 is 0 Å². The van der Waals surface area contributed by atoms with Crippen molar-refractivity contribution in [3.63, 3.8) is 0 Å². The summed E-state index contributed by atoms with van der Waals surface area (Å²) in [7, 11) is -1.88. The minimum atomic E-state index is -3.56. The topological polar surface area (TPSA) is 57.7 Å². The van der Waals surface area contributed by atoms with E-state index < -0.39 is 10.0 Å². The molecule has 0 radical (unpaired) electrons. The molecule has 134 valence electrons. The summed E-state index contributed by atoms with van der Waals surface area (Å²) >= 11 is 0. The van der Waals surface area contributed by atoms with E-state index in [1.807, 2.05) is 44.2 Å². The van der Waals surface area contributed by atoms with Gasteiger partial charge in [-0.15, -0.1) is 0 Å². The second-order valence-electron chi connectivity index (χ2n) is 6.34. The van der Waals surface area contributed by atoms with Crippen LogP contribution in [0.5, 0.6) is 0 Å². The Bertz CT molecular complexity index is 845. The van der Waals surface area contributed by atoms with E-state index in [9.17, 15) is 13.2 Å². The average molecular weight is 360 g/mol. The molecule has 0 N–H and O–H groups in total. The minimum absolute atomic E-state index is 0.218. The fourth-order valence-electron chi connectivity index (χ4n) is 2.48. The monoisotopic (exact) mass is 360 g/mol. The predicted molar refractivity (Wildman–Crippen MR) is 101 cm³/mol. The van der Waals surface area contributed by atoms with Crippen molar-refractivity contribution in [2.45, 2.75) is 20.4 Å². The van der Waals surface area contributed by atoms with Gasteiger partial charge in [0.25, 0.3) is 0 Å². The minimum Gasteiger partial charge on any atom is -0.340 e. The molecular weight excluding hydrogens is 336 g/mol. The van der Waals surface area contributed by atoms with Crippen LogP contribution in [0.25, 0.3) is 0 Å². The number of aryl methyl sites for hydroxylation is 2. The molecule has 0 aromatic heterocycles. The average Bonchev–Trinajstić information content (AvgIpc) is 2.53. The number of carbonyl (C=O) groups is 1. The van der Waals surface area contributed by atoms with Crippen molar-refractivity contribution in [3.8, 4) is 0 Å². The summed E-state index contributed by atoms with van der Waals surface area (Å²) in [4.78, 5) is 14.1. The number of rotatable bonds is 6. The van der Waals surface area contributed by atoms with E-state index in [1.54, 1.807) is 30.1 Å². The zero-order chi connectivity index (χ0) is 18.6. The van der Waals surface area contributed by atoms with Crippen molar-refractivity contribution in [3.05, 3.63) is 65.2 Å². The number of amides is 1. The summed E-state index contributed by atoms with van der Waals surface area (Å²) in [5.41, 5.74) is 3.59. The number of nitrogens with zero attached hydrogens (tertiary/aromatic N) is 2. The van der Waals surface area contributed by atoms with Gasteiger partial charge in [-0.1, -0.05) is 42.0 Å². The Kier molecular flexibility index (Phi) is 5.85. The SMILES string of the molecule is Cc1ccc(CN(C)C(=O)CN(c2cccc(C)c2)S(C)(=O)=O)cc1. The number of hydrogen-bond donors (Lipinski definition) is 0. The summed E-state index contributed by atoms with van der Waals surface area (Å²) < 4.78 is 25.5. The Morgan fingerprint density at radius 1 is 1.00 bits per heavy atom. The highest BCUT2D eigenvalue weighted by Crippen LogP contribution is 2.19. The number of likely N-dealkylation sites (N-methyl/N-ethyl adjacent to an activating group) is 1. The van der Waals surface area contributed by atoms with Gasteiger partial charge in [-0.05, 0) is 37.1 Å². The lowest BCUT2D eigenvalue weighted by molar-refractivity contribution is -0.128. The highest BCUT2D eigenvalue weighted by Gasteiger charge is 2.22. The van der Waals surface area contributed by atoms with Crippen molar-refractivity contribution in [2.75, 3.05) is 24.2 Å². The maximum absolute atomic E-state index is 12.5. The lowest BCUT2D eigenvalue weighted by Crippen LogP contribution is -2.41. The van der Waals surface area contributed by atoms with Crippen LogP contribution in [0.15, 0.2) is 48.5 Å². The van der Waals surface area contributed by atoms with Gasteiger partial charge in [-0.25, -0.2) is 8.42 Å². The van der Waals surface area contributed by atoms with Gasteiger partial charge in [-0.3, -0.25) is 9.10 Å². The van der Waals surface area contributed by atoms with Crippen LogP contribution in [0.4, 0.5) is 5.69 Å². The van der Waals surface area contributed by atoms with Crippen molar-refractivity contribution in [1.29, 1.82) is 0 Å². The van der Waals surface area contributed by atoms with Crippen LogP contribution in [-0.2, 0) is 21.4 Å². The first kappa shape index (κ1) is 19.0. The first-order valence-corrected chi connectivity index (χ1v) is 9.85. The lowest BCUT2D eigenvalue weighted by atomic mass is 10.1. The Hall–Kier alpha value is -2.34. The molecule has 25 heavy (non-hydrogen) atoms. The van der Waals surface area contributed by atoms with E-state index in [2.05, 4.69) is 0 Å². The molecule has 0 heterocycles. The fraction of sp³-hybridized carbons (Fsp3) is 0.316. The number of hydrogen-bond acceptors (Lipinski definition) is 3. The molecule has 0 atom stereocenters.